The molecular weight excluding hydrogens is 370 g/mol. The van der Waals surface area contributed by atoms with Gasteiger partial charge in [-0.2, -0.15) is 4.31 Å². The van der Waals surface area contributed by atoms with Gasteiger partial charge >= 0.3 is 0 Å². The third-order valence-electron chi connectivity index (χ3n) is 4.48. The van der Waals surface area contributed by atoms with Gasteiger partial charge in [0, 0.05) is 32.3 Å². The molecule has 1 saturated heterocycles. The Balaban J connectivity index is 1.68. The molecule has 146 valence electrons. The standard InChI is InChI=1S/C18H23N3O5S/c1-13-5-6-16(25-13)7-8-17(22)20-9-4-10-21(12-11-20)27(23,24)18-14(2)19-26-15(18)3/h5-8H,4,9-12H2,1-3H3/b8-7+. The first-order valence-corrected chi connectivity index (χ1v) is 10.2. The van der Waals surface area contributed by atoms with Crippen LogP contribution in [0.3, 0.4) is 0 Å². The summed E-state index contributed by atoms with van der Waals surface area (Å²) < 4.78 is 37.7. The van der Waals surface area contributed by atoms with E-state index in [-0.39, 0.29) is 23.1 Å². The van der Waals surface area contributed by atoms with Gasteiger partial charge in [0.15, 0.2) is 5.76 Å². The van der Waals surface area contributed by atoms with Gasteiger partial charge in [-0.05, 0) is 45.4 Å². The number of aromatic nitrogens is 1. The molecule has 0 saturated carbocycles. The van der Waals surface area contributed by atoms with Gasteiger partial charge in [0.25, 0.3) is 0 Å². The maximum Gasteiger partial charge on any atom is 0.248 e. The summed E-state index contributed by atoms with van der Waals surface area (Å²) in [7, 11) is -3.70. The van der Waals surface area contributed by atoms with E-state index in [2.05, 4.69) is 5.16 Å². The maximum atomic E-state index is 12.9. The zero-order valence-corrected chi connectivity index (χ0v) is 16.5. The minimum Gasteiger partial charge on any atom is -0.462 e. The Labute approximate surface area is 158 Å². The lowest BCUT2D eigenvalue weighted by atomic mass is 10.3. The summed E-state index contributed by atoms with van der Waals surface area (Å²) in [5.74, 6) is 1.50. The highest BCUT2D eigenvalue weighted by Gasteiger charge is 2.32. The van der Waals surface area contributed by atoms with E-state index in [0.29, 0.717) is 37.5 Å². The van der Waals surface area contributed by atoms with Crippen molar-refractivity contribution in [2.45, 2.75) is 32.1 Å². The van der Waals surface area contributed by atoms with Crippen LogP contribution >= 0.6 is 0 Å². The molecule has 1 fully saturated rings. The Morgan fingerprint density at radius 1 is 1.15 bits per heavy atom. The van der Waals surface area contributed by atoms with Crippen molar-refractivity contribution in [2.24, 2.45) is 0 Å². The second-order valence-electron chi connectivity index (χ2n) is 6.52. The number of sulfonamides is 1. The molecule has 0 atom stereocenters. The quantitative estimate of drug-likeness (QED) is 0.738. The Morgan fingerprint density at radius 2 is 1.93 bits per heavy atom. The predicted molar refractivity (Wildman–Crippen MR) is 98.4 cm³/mol. The van der Waals surface area contributed by atoms with Crippen molar-refractivity contribution in [3.05, 3.63) is 41.2 Å². The molecule has 2 aromatic rings. The van der Waals surface area contributed by atoms with Crippen molar-refractivity contribution in [3.8, 4) is 0 Å². The number of hydrogen-bond donors (Lipinski definition) is 0. The molecule has 0 N–H and O–H groups in total. The van der Waals surface area contributed by atoms with Crippen LogP contribution in [-0.2, 0) is 14.8 Å². The minimum atomic E-state index is -3.70. The smallest absolute Gasteiger partial charge is 0.248 e. The van der Waals surface area contributed by atoms with Crippen LogP contribution in [0, 0.1) is 20.8 Å². The van der Waals surface area contributed by atoms with E-state index in [4.69, 9.17) is 8.94 Å². The highest BCUT2D eigenvalue weighted by atomic mass is 32.2. The van der Waals surface area contributed by atoms with Crippen molar-refractivity contribution in [2.75, 3.05) is 26.2 Å². The molecule has 0 spiro atoms. The number of aryl methyl sites for hydroxylation is 3. The minimum absolute atomic E-state index is 0.121. The lowest BCUT2D eigenvalue weighted by Crippen LogP contribution is -2.37. The van der Waals surface area contributed by atoms with Crippen molar-refractivity contribution >= 4 is 22.0 Å². The summed E-state index contributed by atoms with van der Waals surface area (Å²) in [6.07, 6.45) is 3.64. The fraction of sp³-hybridized carbons (Fsp3) is 0.444. The van der Waals surface area contributed by atoms with E-state index in [1.54, 1.807) is 30.9 Å². The molecule has 1 amide bonds. The van der Waals surface area contributed by atoms with Crippen LogP contribution < -0.4 is 0 Å². The normalized spacial score (nSPS) is 16.8. The Kier molecular flexibility index (Phi) is 5.52. The number of carbonyl (C=O) groups excluding carboxylic acids is 1. The Hall–Kier alpha value is -2.39. The largest absolute Gasteiger partial charge is 0.462 e. The number of rotatable bonds is 4. The van der Waals surface area contributed by atoms with Crippen molar-refractivity contribution in [1.29, 1.82) is 0 Å². The van der Waals surface area contributed by atoms with Gasteiger partial charge in [0.2, 0.25) is 15.9 Å². The van der Waals surface area contributed by atoms with Gasteiger partial charge in [-0.3, -0.25) is 4.79 Å². The highest BCUT2D eigenvalue weighted by molar-refractivity contribution is 7.89. The van der Waals surface area contributed by atoms with E-state index < -0.39 is 10.0 Å². The first-order chi connectivity index (χ1) is 12.8. The van der Waals surface area contributed by atoms with E-state index in [1.165, 1.54) is 10.4 Å². The summed E-state index contributed by atoms with van der Waals surface area (Å²) in [6.45, 7) is 6.42. The molecule has 0 bridgehead atoms. The zero-order chi connectivity index (χ0) is 19.6. The summed E-state index contributed by atoms with van der Waals surface area (Å²) in [5.41, 5.74) is 0.348. The van der Waals surface area contributed by atoms with Gasteiger partial charge in [-0.1, -0.05) is 5.16 Å². The molecule has 1 aliphatic rings. The average molecular weight is 393 g/mol. The molecule has 0 aromatic carbocycles. The first-order valence-electron chi connectivity index (χ1n) is 8.75. The third kappa shape index (κ3) is 4.14. The molecule has 0 unspecified atom stereocenters. The van der Waals surface area contributed by atoms with Crippen LogP contribution in [0.25, 0.3) is 6.08 Å². The number of amides is 1. The maximum absolute atomic E-state index is 12.9. The second kappa shape index (κ2) is 7.69. The summed E-state index contributed by atoms with van der Waals surface area (Å²) in [4.78, 5) is 14.2. The molecule has 8 nitrogen and oxygen atoms in total. The first kappa shape index (κ1) is 19.4. The number of furan rings is 1. The molecule has 1 aliphatic heterocycles. The molecule has 0 radical (unpaired) electrons. The Morgan fingerprint density at radius 3 is 2.56 bits per heavy atom. The van der Waals surface area contributed by atoms with Crippen LogP contribution in [0.2, 0.25) is 0 Å². The molecule has 3 rings (SSSR count). The van der Waals surface area contributed by atoms with Crippen LogP contribution in [0.4, 0.5) is 0 Å². The lowest BCUT2D eigenvalue weighted by Gasteiger charge is -2.21. The lowest BCUT2D eigenvalue weighted by molar-refractivity contribution is -0.125. The third-order valence-corrected chi connectivity index (χ3v) is 6.63. The summed E-state index contributed by atoms with van der Waals surface area (Å²) in [6, 6.07) is 3.62. The van der Waals surface area contributed by atoms with Gasteiger partial charge in [-0.25, -0.2) is 8.42 Å². The molecule has 3 heterocycles. The zero-order valence-electron chi connectivity index (χ0n) is 15.6. The van der Waals surface area contributed by atoms with Crippen LogP contribution in [0.1, 0.15) is 29.4 Å². The topological polar surface area (TPSA) is 96.9 Å². The highest BCUT2D eigenvalue weighted by Crippen LogP contribution is 2.24. The van der Waals surface area contributed by atoms with Crippen LogP contribution in [0.5, 0.6) is 0 Å². The van der Waals surface area contributed by atoms with Crippen molar-refractivity contribution in [3.63, 3.8) is 0 Å². The fourth-order valence-corrected chi connectivity index (χ4v) is 4.89. The van der Waals surface area contributed by atoms with Gasteiger partial charge in [-0.15, -0.1) is 0 Å². The van der Waals surface area contributed by atoms with E-state index >= 15 is 0 Å². The molecule has 0 aliphatic carbocycles. The predicted octanol–water partition coefficient (Wildman–Crippen LogP) is 2.13. The summed E-state index contributed by atoms with van der Waals surface area (Å²) in [5, 5.41) is 3.74. The van der Waals surface area contributed by atoms with E-state index in [0.717, 1.165) is 5.76 Å². The molecule has 27 heavy (non-hydrogen) atoms. The van der Waals surface area contributed by atoms with Gasteiger partial charge in [0.1, 0.15) is 22.1 Å². The molecule has 9 heteroatoms. The number of nitrogens with zero attached hydrogens (tertiary/aromatic N) is 3. The van der Waals surface area contributed by atoms with Crippen LogP contribution in [0.15, 0.2) is 32.0 Å². The molecular formula is C18H23N3O5S. The average Bonchev–Trinajstić information content (AvgIpc) is 3.07. The van der Waals surface area contributed by atoms with Crippen LogP contribution in [-0.4, -0.2) is 54.9 Å². The van der Waals surface area contributed by atoms with Gasteiger partial charge < -0.3 is 13.8 Å². The fourth-order valence-electron chi connectivity index (χ4n) is 3.13. The van der Waals surface area contributed by atoms with E-state index in [1.807, 2.05) is 13.0 Å². The number of hydrogen-bond acceptors (Lipinski definition) is 6. The molecule has 2 aromatic heterocycles. The number of carbonyl (C=O) groups is 1. The second-order valence-corrected chi connectivity index (χ2v) is 8.39. The summed E-state index contributed by atoms with van der Waals surface area (Å²) >= 11 is 0. The van der Waals surface area contributed by atoms with Crippen molar-refractivity contribution < 1.29 is 22.2 Å². The van der Waals surface area contributed by atoms with Gasteiger partial charge in [0.05, 0.1) is 0 Å². The van der Waals surface area contributed by atoms with E-state index in [9.17, 15) is 13.2 Å². The monoisotopic (exact) mass is 393 g/mol. The SMILES string of the molecule is Cc1ccc(/C=C/C(=O)N2CCCN(S(=O)(=O)c3c(C)noc3C)CC2)o1. The van der Waals surface area contributed by atoms with Crippen molar-refractivity contribution in [1.82, 2.24) is 14.4 Å². The Bertz CT molecular complexity index is 938.